The van der Waals surface area contributed by atoms with Crippen LogP contribution in [0.1, 0.15) is 44.7 Å². The van der Waals surface area contributed by atoms with Gasteiger partial charge < -0.3 is 14.8 Å². The van der Waals surface area contributed by atoms with Crippen LogP contribution < -0.4 is 10.1 Å². The molecule has 1 N–H and O–H groups in total. The number of aryl methyl sites for hydroxylation is 1. The molecule has 0 bridgehead atoms. The molecule has 0 aliphatic heterocycles. The van der Waals surface area contributed by atoms with Crippen LogP contribution >= 0.6 is 0 Å². The largest absolute Gasteiger partial charge is 0.467 e. The number of hydrogen-bond acceptors (Lipinski definition) is 3. The molecule has 0 radical (unpaired) electrons. The third kappa shape index (κ3) is 5.51. The second-order valence-electron chi connectivity index (χ2n) is 6.79. The highest BCUT2D eigenvalue weighted by atomic mass is 16.7. The normalized spacial score (nSPS) is 15.4. The van der Waals surface area contributed by atoms with Crippen LogP contribution in [0.15, 0.2) is 18.2 Å². The van der Waals surface area contributed by atoms with E-state index in [2.05, 4.69) is 45.1 Å². The fourth-order valence-corrected chi connectivity index (χ4v) is 1.95. The second kappa shape index (κ2) is 6.59. The van der Waals surface area contributed by atoms with E-state index in [0.717, 1.165) is 24.8 Å². The SMILES string of the molecule is Cc1ccc(OCOCC2CC2)c(CNC(C)(C)C)c1. The molecule has 3 nitrogen and oxygen atoms in total. The van der Waals surface area contributed by atoms with Gasteiger partial charge in [0.1, 0.15) is 5.75 Å². The van der Waals surface area contributed by atoms with Gasteiger partial charge in [-0.1, -0.05) is 17.7 Å². The van der Waals surface area contributed by atoms with Crippen molar-refractivity contribution < 1.29 is 9.47 Å². The molecule has 0 spiro atoms. The van der Waals surface area contributed by atoms with Gasteiger partial charge in [0.05, 0.1) is 6.61 Å². The first-order valence-electron chi connectivity index (χ1n) is 7.49. The summed E-state index contributed by atoms with van der Waals surface area (Å²) >= 11 is 0. The van der Waals surface area contributed by atoms with Gasteiger partial charge in [-0.2, -0.15) is 0 Å². The summed E-state index contributed by atoms with van der Waals surface area (Å²) in [5, 5.41) is 3.50. The summed E-state index contributed by atoms with van der Waals surface area (Å²) in [5.74, 6) is 1.70. The molecule has 0 aromatic heterocycles. The van der Waals surface area contributed by atoms with Gasteiger partial charge in [0.2, 0.25) is 0 Å². The van der Waals surface area contributed by atoms with E-state index in [1.807, 2.05) is 6.07 Å². The summed E-state index contributed by atoms with van der Waals surface area (Å²) in [6, 6.07) is 6.29. The quantitative estimate of drug-likeness (QED) is 0.609. The molecule has 0 unspecified atom stereocenters. The predicted molar refractivity (Wildman–Crippen MR) is 81.9 cm³/mol. The molecule has 0 atom stereocenters. The van der Waals surface area contributed by atoms with Crippen LogP contribution in [0.3, 0.4) is 0 Å². The molecule has 0 saturated heterocycles. The Morgan fingerprint density at radius 3 is 2.65 bits per heavy atom. The Kier molecular flexibility index (Phi) is 5.06. The van der Waals surface area contributed by atoms with Crippen LogP contribution in [0.4, 0.5) is 0 Å². The molecular formula is C17H27NO2. The average molecular weight is 277 g/mol. The molecule has 20 heavy (non-hydrogen) atoms. The van der Waals surface area contributed by atoms with Gasteiger partial charge in [0, 0.05) is 17.6 Å². The first kappa shape index (κ1) is 15.3. The maximum absolute atomic E-state index is 5.77. The molecule has 0 heterocycles. The van der Waals surface area contributed by atoms with E-state index in [0.29, 0.717) is 6.79 Å². The molecule has 0 amide bonds. The number of rotatable bonds is 7. The molecule has 1 fully saturated rings. The van der Waals surface area contributed by atoms with Crippen LogP contribution in [0.5, 0.6) is 5.75 Å². The molecule has 3 heteroatoms. The molecule has 1 saturated carbocycles. The molecule has 2 rings (SSSR count). The Bertz CT molecular complexity index is 433. The minimum absolute atomic E-state index is 0.101. The summed E-state index contributed by atoms with van der Waals surface area (Å²) in [5.41, 5.74) is 2.54. The van der Waals surface area contributed by atoms with Crippen molar-refractivity contribution in [2.24, 2.45) is 5.92 Å². The Morgan fingerprint density at radius 1 is 1.25 bits per heavy atom. The fourth-order valence-electron chi connectivity index (χ4n) is 1.95. The van der Waals surface area contributed by atoms with E-state index in [4.69, 9.17) is 9.47 Å². The monoisotopic (exact) mass is 277 g/mol. The van der Waals surface area contributed by atoms with Crippen LogP contribution in [0.2, 0.25) is 0 Å². The Hall–Kier alpha value is -1.06. The summed E-state index contributed by atoms with van der Waals surface area (Å²) in [4.78, 5) is 0. The summed E-state index contributed by atoms with van der Waals surface area (Å²) in [6.45, 7) is 10.6. The van der Waals surface area contributed by atoms with E-state index in [1.54, 1.807) is 0 Å². The highest BCUT2D eigenvalue weighted by Gasteiger charge is 2.21. The van der Waals surface area contributed by atoms with Gasteiger partial charge in [0.25, 0.3) is 0 Å². The molecular weight excluding hydrogens is 250 g/mol. The lowest BCUT2D eigenvalue weighted by molar-refractivity contribution is 0.00937. The average Bonchev–Trinajstić information content (AvgIpc) is 3.17. The zero-order chi connectivity index (χ0) is 14.6. The van der Waals surface area contributed by atoms with Gasteiger partial charge in [-0.25, -0.2) is 0 Å². The van der Waals surface area contributed by atoms with Crippen LogP contribution in [-0.4, -0.2) is 18.9 Å². The van der Waals surface area contributed by atoms with Gasteiger partial charge in [0.15, 0.2) is 6.79 Å². The Morgan fingerprint density at radius 2 is 2.00 bits per heavy atom. The standard InChI is InChI=1S/C17H27NO2/c1-13-5-8-16(20-12-19-11-14-6-7-14)15(9-13)10-18-17(2,3)4/h5,8-9,14,18H,6-7,10-12H2,1-4H3. The van der Waals surface area contributed by atoms with Crippen molar-refractivity contribution in [2.45, 2.75) is 52.6 Å². The van der Waals surface area contributed by atoms with Crippen molar-refractivity contribution in [1.82, 2.24) is 5.32 Å². The van der Waals surface area contributed by atoms with Crippen LogP contribution in [0, 0.1) is 12.8 Å². The number of hydrogen-bond donors (Lipinski definition) is 1. The lowest BCUT2D eigenvalue weighted by atomic mass is 10.1. The predicted octanol–water partition coefficient (Wildman–Crippen LogP) is 3.65. The van der Waals surface area contributed by atoms with Gasteiger partial charge in [-0.15, -0.1) is 0 Å². The topological polar surface area (TPSA) is 30.5 Å². The molecule has 1 aliphatic carbocycles. The first-order chi connectivity index (χ1) is 9.44. The summed E-state index contributed by atoms with van der Waals surface area (Å²) in [7, 11) is 0. The molecule has 112 valence electrons. The van der Waals surface area contributed by atoms with E-state index < -0.39 is 0 Å². The molecule has 1 aliphatic rings. The van der Waals surface area contributed by atoms with Crippen molar-refractivity contribution in [3.8, 4) is 5.75 Å². The lowest BCUT2D eigenvalue weighted by Gasteiger charge is -2.22. The van der Waals surface area contributed by atoms with Crippen LogP contribution in [-0.2, 0) is 11.3 Å². The van der Waals surface area contributed by atoms with Crippen molar-refractivity contribution in [3.63, 3.8) is 0 Å². The third-order valence-electron chi connectivity index (χ3n) is 3.37. The molecule has 1 aromatic carbocycles. The lowest BCUT2D eigenvalue weighted by Crippen LogP contribution is -2.35. The summed E-state index contributed by atoms with van der Waals surface area (Å²) < 4.78 is 11.3. The smallest absolute Gasteiger partial charge is 0.189 e. The Labute approximate surface area is 122 Å². The van der Waals surface area contributed by atoms with E-state index in [-0.39, 0.29) is 5.54 Å². The number of nitrogens with one attached hydrogen (secondary N) is 1. The fraction of sp³-hybridized carbons (Fsp3) is 0.647. The van der Waals surface area contributed by atoms with Crippen molar-refractivity contribution in [2.75, 3.05) is 13.4 Å². The van der Waals surface area contributed by atoms with Gasteiger partial charge in [-0.3, -0.25) is 0 Å². The summed E-state index contributed by atoms with van der Waals surface area (Å²) in [6.07, 6.45) is 2.62. The van der Waals surface area contributed by atoms with Crippen LogP contribution in [0.25, 0.3) is 0 Å². The van der Waals surface area contributed by atoms with E-state index in [1.165, 1.54) is 24.0 Å². The molecule has 1 aromatic rings. The number of ether oxygens (including phenoxy) is 2. The maximum Gasteiger partial charge on any atom is 0.189 e. The third-order valence-corrected chi connectivity index (χ3v) is 3.37. The minimum Gasteiger partial charge on any atom is -0.467 e. The zero-order valence-corrected chi connectivity index (χ0v) is 13.2. The van der Waals surface area contributed by atoms with E-state index in [9.17, 15) is 0 Å². The van der Waals surface area contributed by atoms with Crippen molar-refractivity contribution in [1.29, 1.82) is 0 Å². The minimum atomic E-state index is 0.101. The maximum atomic E-state index is 5.77. The number of benzene rings is 1. The Balaban J connectivity index is 1.88. The zero-order valence-electron chi connectivity index (χ0n) is 13.2. The van der Waals surface area contributed by atoms with Crippen molar-refractivity contribution >= 4 is 0 Å². The highest BCUT2D eigenvalue weighted by molar-refractivity contribution is 5.36. The van der Waals surface area contributed by atoms with Gasteiger partial charge >= 0.3 is 0 Å². The first-order valence-corrected chi connectivity index (χ1v) is 7.49. The van der Waals surface area contributed by atoms with Crippen molar-refractivity contribution in [3.05, 3.63) is 29.3 Å². The second-order valence-corrected chi connectivity index (χ2v) is 6.79. The van der Waals surface area contributed by atoms with E-state index >= 15 is 0 Å². The highest BCUT2D eigenvalue weighted by Crippen LogP contribution is 2.29. The van der Waals surface area contributed by atoms with Gasteiger partial charge in [-0.05, 0) is 52.5 Å².